The number of Topliss-reactive ketones (excluding diaryl/α,β-unsaturated/α-hetero) is 1. The Balaban J connectivity index is 1.86. The molecule has 0 saturated carbocycles. The zero-order chi connectivity index (χ0) is 16.7. The maximum Gasteiger partial charge on any atom is 0.270 e. The van der Waals surface area contributed by atoms with Gasteiger partial charge in [-0.25, -0.2) is 0 Å². The summed E-state index contributed by atoms with van der Waals surface area (Å²) in [4.78, 5) is 24.9. The highest BCUT2D eigenvalue weighted by atomic mass is 16.5. The first-order valence-corrected chi connectivity index (χ1v) is 8.25. The molecule has 1 atom stereocenters. The summed E-state index contributed by atoms with van der Waals surface area (Å²) in [5.74, 6) is 1.22. The average molecular weight is 325 g/mol. The van der Waals surface area contributed by atoms with Crippen LogP contribution in [0, 0.1) is 0 Å². The number of benzene rings is 1. The number of carbonyl (C=O) groups is 1. The first kappa shape index (κ1) is 14.8. The second kappa shape index (κ2) is 5.70. The minimum atomic E-state index is -0.338. The molecule has 1 aromatic heterocycles. The highest BCUT2D eigenvalue weighted by Crippen LogP contribution is 2.43. The molecule has 1 aliphatic carbocycles. The molecule has 24 heavy (non-hydrogen) atoms. The van der Waals surface area contributed by atoms with E-state index in [0.29, 0.717) is 24.4 Å². The molecule has 6 heteroatoms. The third-order valence-electron chi connectivity index (χ3n) is 4.65. The molecular weight excluding hydrogens is 306 g/mol. The molecule has 6 nitrogen and oxygen atoms in total. The van der Waals surface area contributed by atoms with Crippen molar-refractivity contribution in [2.75, 3.05) is 11.9 Å². The van der Waals surface area contributed by atoms with E-state index in [-0.39, 0.29) is 17.3 Å². The molecule has 0 amide bonds. The molecule has 2 heterocycles. The summed E-state index contributed by atoms with van der Waals surface area (Å²) in [5, 5.41) is 8.74. The number of rotatable bonds is 3. The minimum Gasteiger partial charge on any atom is -0.494 e. The molecule has 2 aromatic rings. The van der Waals surface area contributed by atoms with Crippen LogP contribution in [0.2, 0.25) is 0 Å². The van der Waals surface area contributed by atoms with Crippen LogP contribution in [0.3, 0.4) is 0 Å². The lowest BCUT2D eigenvalue weighted by Gasteiger charge is -2.31. The van der Waals surface area contributed by atoms with Gasteiger partial charge >= 0.3 is 0 Å². The summed E-state index contributed by atoms with van der Waals surface area (Å²) in [6.45, 7) is 2.53. The number of fused-ring (bicyclic) bond motifs is 1. The normalized spacial score (nSPS) is 19.5. The lowest BCUT2D eigenvalue weighted by atomic mass is 9.77. The largest absolute Gasteiger partial charge is 0.494 e. The Morgan fingerprint density at radius 1 is 1.12 bits per heavy atom. The second-order valence-electron chi connectivity index (χ2n) is 6.10. The van der Waals surface area contributed by atoms with Crippen molar-refractivity contribution in [3.8, 4) is 5.75 Å². The van der Waals surface area contributed by atoms with Gasteiger partial charge in [-0.3, -0.25) is 19.8 Å². The number of aromatic nitrogens is 2. The summed E-state index contributed by atoms with van der Waals surface area (Å²) < 4.78 is 5.49. The zero-order valence-electron chi connectivity index (χ0n) is 13.4. The maximum atomic E-state index is 12.6. The summed E-state index contributed by atoms with van der Waals surface area (Å²) in [5.41, 5.74) is 2.96. The van der Waals surface area contributed by atoms with Crippen molar-refractivity contribution in [1.82, 2.24) is 10.2 Å². The van der Waals surface area contributed by atoms with Crippen LogP contribution in [0.4, 0.5) is 5.82 Å². The van der Waals surface area contributed by atoms with Crippen LogP contribution in [0.1, 0.15) is 43.2 Å². The van der Waals surface area contributed by atoms with Gasteiger partial charge in [0.2, 0.25) is 0 Å². The molecule has 2 aliphatic rings. The van der Waals surface area contributed by atoms with E-state index in [1.807, 2.05) is 31.2 Å². The molecule has 124 valence electrons. The predicted octanol–water partition coefficient (Wildman–Crippen LogP) is 2.67. The molecule has 1 aliphatic heterocycles. The van der Waals surface area contributed by atoms with E-state index in [1.54, 1.807) is 0 Å². The fraction of sp³-hybridized carbons (Fsp3) is 0.333. The Kier molecular flexibility index (Phi) is 3.52. The highest BCUT2D eigenvalue weighted by Gasteiger charge is 2.37. The van der Waals surface area contributed by atoms with Crippen LogP contribution in [-0.2, 0) is 4.79 Å². The van der Waals surface area contributed by atoms with Gasteiger partial charge in [0, 0.05) is 23.6 Å². The molecule has 1 aromatic carbocycles. The fourth-order valence-electron chi connectivity index (χ4n) is 3.62. The third kappa shape index (κ3) is 2.26. The van der Waals surface area contributed by atoms with Crippen LogP contribution in [0.15, 0.2) is 40.3 Å². The molecule has 0 saturated heterocycles. The number of anilines is 1. The van der Waals surface area contributed by atoms with Crippen LogP contribution >= 0.6 is 0 Å². The summed E-state index contributed by atoms with van der Waals surface area (Å²) >= 11 is 0. The summed E-state index contributed by atoms with van der Waals surface area (Å²) in [6.07, 6.45) is 2.19. The Hall–Kier alpha value is -2.76. The summed E-state index contributed by atoms with van der Waals surface area (Å²) in [7, 11) is 0. The summed E-state index contributed by atoms with van der Waals surface area (Å²) in [6, 6.07) is 7.64. The first-order chi connectivity index (χ1) is 11.7. The predicted molar refractivity (Wildman–Crippen MR) is 90.4 cm³/mol. The van der Waals surface area contributed by atoms with E-state index in [4.69, 9.17) is 4.74 Å². The number of hydrogen-bond donors (Lipinski definition) is 3. The number of ether oxygens (including phenoxy) is 1. The number of ketones is 1. The van der Waals surface area contributed by atoms with Crippen LogP contribution in [0.5, 0.6) is 5.75 Å². The maximum absolute atomic E-state index is 12.6. The Labute approximate surface area is 138 Å². The fourth-order valence-corrected chi connectivity index (χ4v) is 3.62. The van der Waals surface area contributed by atoms with Crippen molar-refractivity contribution in [3.63, 3.8) is 0 Å². The third-order valence-corrected chi connectivity index (χ3v) is 4.65. The van der Waals surface area contributed by atoms with Gasteiger partial charge in [0.15, 0.2) is 5.78 Å². The van der Waals surface area contributed by atoms with Gasteiger partial charge < -0.3 is 10.1 Å². The number of aromatic amines is 2. The lowest BCUT2D eigenvalue weighted by Crippen LogP contribution is -2.29. The van der Waals surface area contributed by atoms with Gasteiger partial charge in [-0.15, -0.1) is 0 Å². The van der Waals surface area contributed by atoms with Crippen molar-refractivity contribution in [2.45, 2.75) is 32.1 Å². The lowest BCUT2D eigenvalue weighted by molar-refractivity contribution is -0.116. The number of allylic oxidation sites excluding steroid dienone is 2. The second-order valence-corrected chi connectivity index (χ2v) is 6.10. The molecule has 0 radical (unpaired) electrons. The molecule has 4 rings (SSSR count). The Bertz CT molecular complexity index is 874. The van der Waals surface area contributed by atoms with Crippen molar-refractivity contribution in [1.29, 1.82) is 0 Å². The average Bonchev–Trinajstić information content (AvgIpc) is 2.95. The smallest absolute Gasteiger partial charge is 0.270 e. The Morgan fingerprint density at radius 3 is 2.67 bits per heavy atom. The van der Waals surface area contributed by atoms with E-state index < -0.39 is 0 Å². The van der Waals surface area contributed by atoms with Crippen molar-refractivity contribution < 1.29 is 9.53 Å². The molecule has 3 N–H and O–H groups in total. The topological polar surface area (TPSA) is 87.0 Å². The highest BCUT2D eigenvalue weighted by molar-refractivity contribution is 6.00. The van der Waals surface area contributed by atoms with Gasteiger partial charge in [-0.2, -0.15) is 0 Å². The number of carbonyl (C=O) groups excluding carboxylic acids is 1. The number of nitrogens with one attached hydrogen (secondary N) is 3. The van der Waals surface area contributed by atoms with Crippen LogP contribution in [0.25, 0.3) is 0 Å². The Morgan fingerprint density at radius 2 is 1.92 bits per heavy atom. The van der Waals surface area contributed by atoms with E-state index >= 15 is 0 Å². The zero-order valence-corrected chi connectivity index (χ0v) is 13.4. The SMILES string of the molecule is CCOc1ccc([C@@H]2C3=C(CCCC3=O)Nc3[nH][nH]c(=O)c32)cc1. The van der Waals surface area contributed by atoms with E-state index in [1.165, 1.54) is 0 Å². The number of hydrogen-bond acceptors (Lipinski definition) is 4. The molecular formula is C18H19N3O3. The van der Waals surface area contributed by atoms with Crippen molar-refractivity contribution >= 4 is 11.6 Å². The van der Waals surface area contributed by atoms with Gasteiger partial charge in [0.25, 0.3) is 5.56 Å². The quantitative estimate of drug-likeness (QED) is 0.810. The molecule has 0 unspecified atom stereocenters. The van der Waals surface area contributed by atoms with E-state index in [0.717, 1.165) is 35.4 Å². The monoisotopic (exact) mass is 325 g/mol. The van der Waals surface area contributed by atoms with Crippen LogP contribution in [-0.4, -0.2) is 22.6 Å². The molecule has 0 bridgehead atoms. The van der Waals surface area contributed by atoms with Gasteiger partial charge in [-0.1, -0.05) is 12.1 Å². The van der Waals surface area contributed by atoms with Crippen LogP contribution < -0.4 is 15.6 Å². The van der Waals surface area contributed by atoms with Gasteiger partial charge in [-0.05, 0) is 37.5 Å². The van der Waals surface area contributed by atoms with Crippen molar-refractivity contribution in [3.05, 3.63) is 57.0 Å². The van der Waals surface area contributed by atoms with Gasteiger partial charge in [0.05, 0.1) is 12.2 Å². The van der Waals surface area contributed by atoms with E-state index in [9.17, 15) is 9.59 Å². The van der Waals surface area contributed by atoms with E-state index in [2.05, 4.69) is 15.5 Å². The number of H-pyrrole nitrogens is 2. The molecule has 0 fully saturated rings. The van der Waals surface area contributed by atoms with Gasteiger partial charge in [0.1, 0.15) is 11.6 Å². The van der Waals surface area contributed by atoms with Crippen molar-refractivity contribution in [2.24, 2.45) is 0 Å². The molecule has 0 spiro atoms. The standard InChI is InChI=1S/C18H19N3O3/c1-2-24-11-8-6-10(7-9-11)14-15-12(4-3-5-13(15)22)19-17-16(14)18(23)21-20-17/h6-9,14H,2-5H2,1H3,(H3,19,20,21,23)/t14-/m1/s1. The first-order valence-electron chi connectivity index (χ1n) is 8.25. The minimum absolute atomic E-state index is 0.119.